The van der Waals surface area contributed by atoms with Crippen LogP contribution in [0, 0.1) is 0 Å². The van der Waals surface area contributed by atoms with Gasteiger partial charge in [0.1, 0.15) is 6.10 Å². The van der Waals surface area contributed by atoms with E-state index in [1.54, 1.807) is 0 Å². The molecule has 0 spiro atoms. The zero-order valence-electron chi connectivity index (χ0n) is 9.94. The molecule has 0 amide bonds. The fourth-order valence-electron chi connectivity index (χ4n) is 1.78. The van der Waals surface area contributed by atoms with Crippen molar-refractivity contribution in [3.05, 3.63) is 41.5 Å². The molecule has 0 aliphatic carbocycles. The van der Waals surface area contributed by atoms with Gasteiger partial charge in [-0.3, -0.25) is 0 Å². The average molecular weight is 342 g/mol. The minimum Gasteiger partial charge on any atom is -0.457 e. The zero-order chi connectivity index (χ0) is 12.5. The number of hydrogen-bond donors (Lipinski definition) is 0. The maximum Gasteiger partial charge on any atom is 0.334 e. The van der Waals surface area contributed by atoms with Crippen LogP contribution in [-0.2, 0) is 9.53 Å². The number of alkyl halides is 1. The Morgan fingerprint density at radius 2 is 2.00 bits per heavy atom. The van der Waals surface area contributed by atoms with Crippen molar-refractivity contribution in [1.82, 2.24) is 0 Å². The van der Waals surface area contributed by atoms with E-state index in [1.807, 2.05) is 36.4 Å². The summed E-state index contributed by atoms with van der Waals surface area (Å²) in [6.45, 7) is 4.16. The number of cyclic esters (lactones) is 1. The molecule has 1 aromatic rings. The Morgan fingerprint density at radius 3 is 2.53 bits per heavy atom. The first-order chi connectivity index (χ1) is 7.97. The third-order valence-electron chi connectivity index (χ3n) is 2.82. The summed E-state index contributed by atoms with van der Waals surface area (Å²) in [5.41, 5.74) is 1.82. The number of carbonyl (C=O) groups excluding carboxylic acids is 1. The molecule has 0 bridgehead atoms. The molecule has 2 rings (SSSR count). The fraction of sp³-hybridized carbons (Fsp3) is 0.357. The van der Waals surface area contributed by atoms with Gasteiger partial charge in [0, 0.05) is 12.0 Å². The van der Waals surface area contributed by atoms with Gasteiger partial charge in [0.15, 0.2) is 0 Å². The Balaban J connectivity index is 2.19. The molecule has 0 radical (unpaired) electrons. The Labute approximate surface area is 115 Å². The van der Waals surface area contributed by atoms with Gasteiger partial charge in [0.05, 0.1) is 3.42 Å². The molecule has 1 aliphatic rings. The predicted octanol–water partition coefficient (Wildman–Crippen LogP) is 3.60. The Bertz CT molecular complexity index is 443. The number of rotatable bonds is 2. The van der Waals surface area contributed by atoms with E-state index in [9.17, 15) is 4.79 Å². The number of carbonyl (C=O) groups is 1. The lowest BCUT2D eigenvalue weighted by Gasteiger charge is -2.22. The molecule has 1 atom stereocenters. The monoisotopic (exact) mass is 342 g/mol. The summed E-state index contributed by atoms with van der Waals surface area (Å²) >= 11 is 2.33. The third-order valence-corrected chi connectivity index (χ3v) is 3.52. The second-order valence-electron chi connectivity index (χ2n) is 4.74. The molecule has 0 saturated carbocycles. The van der Waals surface area contributed by atoms with E-state index in [-0.39, 0.29) is 15.5 Å². The van der Waals surface area contributed by atoms with Gasteiger partial charge in [0.2, 0.25) is 0 Å². The molecule has 2 nitrogen and oxygen atoms in total. The first kappa shape index (κ1) is 12.6. The molecular weight excluding hydrogens is 327 g/mol. The van der Waals surface area contributed by atoms with E-state index < -0.39 is 0 Å². The molecule has 1 saturated heterocycles. The molecule has 3 heteroatoms. The van der Waals surface area contributed by atoms with Crippen molar-refractivity contribution < 1.29 is 9.53 Å². The lowest BCUT2D eigenvalue weighted by molar-refractivity contribution is -0.139. The summed E-state index contributed by atoms with van der Waals surface area (Å²) in [7, 11) is 0. The van der Waals surface area contributed by atoms with Crippen molar-refractivity contribution in [2.75, 3.05) is 0 Å². The van der Waals surface area contributed by atoms with E-state index in [0.29, 0.717) is 6.42 Å². The van der Waals surface area contributed by atoms with Crippen LogP contribution in [0.25, 0.3) is 6.08 Å². The van der Waals surface area contributed by atoms with E-state index in [1.165, 1.54) is 0 Å². The lowest BCUT2D eigenvalue weighted by Crippen LogP contribution is -2.29. The summed E-state index contributed by atoms with van der Waals surface area (Å²) in [5, 5.41) is 0. The van der Waals surface area contributed by atoms with Gasteiger partial charge in [-0.15, -0.1) is 0 Å². The van der Waals surface area contributed by atoms with Crippen LogP contribution < -0.4 is 0 Å². The van der Waals surface area contributed by atoms with Crippen molar-refractivity contribution in [3.63, 3.8) is 0 Å². The molecule has 0 aromatic heterocycles. The van der Waals surface area contributed by atoms with Crippen LogP contribution in [0.15, 0.2) is 35.9 Å². The third kappa shape index (κ3) is 3.09. The first-order valence-corrected chi connectivity index (χ1v) is 6.70. The average Bonchev–Trinajstić information content (AvgIpc) is 2.62. The highest BCUT2D eigenvalue weighted by molar-refractivity contribution is 14.1. The lowest BCUT2D eigenvalue weighted by atomic mass is 10.0. The van der Waals surface area contributed by atoms with Crippen LogP contribution in [-0.4, -0.2) is 15.5 Å². The highest BCUT2D eigenvalue weighted by atomic mass is 127. The Kier molecular flexibility index (Phi) is 3.56. The van der Waals surface area contributed by atoms with Gasteiger partial charge in [0.25, 0.3) is 0 Å². The van der Waals surface area contributed by atoms with Crippen molar-refractivity contribution in [2.45, 2.75) is 29.8 Å². The maximum atomic E-state index is 11.7. The van der Waals surface area contributed by atoms with Crippen molar-refractivity contribution >= 4 is 34.6 Å². The summed E-state index contributed by atoms with van der Waals surface area (Å²) in [5.74, 6) is -0.177. The number of esters is 1. The Morgan fingerprint density at radius 1 is 1.35 bits per heavy atom. The van der Waals surface area contributed by atoms with Gasteiger partial charge in [-0.2, -0.15) is 0 Å². The number of benzene rings is 1. The number of hydrogen-bond acceptors (Lipinski definition) is 2. The van der Waals surface area contributed by atoms with E-state index in [0.717, 1.165) is 11.1 Å². The van der Waals surface area contributed by atoms with Crippen LogP contribution >= 0.6 is 22.6 Å². The SMILES string of the molecule is CC(C)(I)C1C/C(=C/c2ccccc2)C(=O)O1. The molecule has 1 aliphatic heterocycles. The molecule has 90 valence electrons. The van der Waals surface area contributed by atoms with E-state index in [2.05, 4.69) is 36.4 Å². The van der Waals surface area contributed by atoms with Crippen molar-refractivity contribution in [3.8, 4) is 0 Å². The highest BCUT2D eigenvalue weighted by Crippen LogP contribution is 2.34. The van der Waals surface area contributed by atoms with Crippen LogP contribution in [0.5, 0.6) is 0 Å². The van der Waals surface area contributed by atoms with Crippen LogP contribution in [0.1, 0.15) is 25.8 Å². The molecule has 0 N–H and O–H groups in total. The minimum absolute atomic E-state index is 0.0226. The summed E-state index contributed by atoms with van der Waals surface area (Å²) in [6.07, 6.45) is 2.60. The minimum atomic E-state index is -0.177. The molecular formula is C14H15IO2. The number of halogens is 1. The van der Waals surface area contributed by atoms with Gasteiger partial charge in [-0.05, 0) is 25.5 Å². The van der Waals surface area contributed by atoms with E-state index >= 15 is 0 Å². The molecule has 17 heavy (non-hydrogen) atoms. The molecule has 1 fully saturated rings. The van der Waals surface area contributed by atoms with Gasteiger partial charge in [-0.25, -0.2) is 4.79 Å². The predicted molar refractivity (Wildman–Crippen MR) is 77.0 cm³/mol. The van der Waals surface area contributed by atoms with Crippen LogP contribution in [0.2, 0.25) is 0 Å². The van der Waals surface area contributed by atoms with Gasteiger partial charge >= 0.3 is 5.97 Å². The normalized spacial score (nSPS) is 22.9. The first-order valence-electron chi connectivity index (χ1n) is 5.62. The maximum absolute atomic E-state index is 11.7. The van der Waals surface area contributed by atoms with Gasteiger partial charge in [-0.1, -0.05) is 52.9 Å². The second-order valence-corrected chi connectivity index (χ2v) is 7.52. The summed E-state index contributed by atoms with van der Waals surface area (Å²) in [6, 6.07) is 9.87. The fourth-order valence-corrected chi connectivity index (χ4v) is 2.13. The topological polar surface area (TPSA) is 26.3 Å². The Hall–Kier alpha value is -0.840. The summed E-state index contributed by atoms with van der Waals surface area (Å²) in [4.78, 5) is 11.7. The molecule has 1 aromatic carbocycles. The van der Waals surface area contributed by atoms with E-state index in [4.69, 9.17) is 4.74 Å². The van der Waals surface area contributed by atoms with Crippen molar-refractivity contribution in [2.24, 2.45) is 0 Å². The van der Waals surface area contributed by atoms with Gasteiger partial charge < -0.3 is 4.74 Å². The smallest absolute Gasteiger partial charge is 0.334 e. The quantitative estimate of drug-likeness (QED) is 0.355. The molecule has 1 unspecified atom stereocenters. The van der Waals surface area contributed by atoms with Crippen molar-refractivity contribution in [1.29, 1.82) is 0 Å². The standard InChI is InChI=1S/C14H15IO2/c1-14(2,15)12-9-11(13(16)17-12)8-10-6-4-3-5-7-10/h3-8,12H,9H2,1-2H3/b11-8-. The molecule has 1 heterocycles. The largest absolute Gasteiger partial charge is 0.457 e. The summed E-state index contributed by atoms with van der Waals surface area (Å²) < 4.78 is 5.37. The highest BCUT2D eigenvalue weighted by Gasteiger charge is 2.38. The number of ether oxygens (including phenoxy) is 1. The second kappa shape index (κ2) is 4.80. The zero-order valence-corrected chi connectivity index (χ0v) is 12.1. The van der Waals surface area contributed by atoms with Crippen LogP contribution in [0.4, 0.5) is 0 Å². The van der Waals surface area contributed by atoms with Crippen LogP contribution in [0.3, 0.4) is 0 Å².